The smallest absolute Gasteiger partial charge is 0.388 e. The van der Waals surface area contributed by atoms with E-state index in [0.29, 0.717) is 29.1 Å². The number of nitriles is 1. The van der Waals surface area contributed by atoms with Gasteiger partial charge < -0.3 is 20.3 Å². The van der Waals surface area contributed by atoms with Crippen LogP contribution in [0.5, 0.6) is 0 Å². The Labute approximate surface area is 156 Å². The molecule has 2 amide bonds. The number of primary amides is 1. The maximum absolute atomic E-state index is 12.6. The molecule has 3 rings (SSSR count). The van der Waals surface area contributed by atoms with E-state index in [0.717, 1.165) is 0 Å². The molecule has 0 aliphatic carbocycles. The number of hydrogen-bond donors (Lipinski definition) is 2. The molecule has 3 N–H and O–H groups in total. The number of ether oxygens (including phenoxy) is 2. The number of carbonyl (C=O) groups is 1. The first kappa shape index (κ1) is 18.9. The van der Waals surface area contributed by atoms with Gasteiger partial charge in [-0.2, -0.15) is 10.2 Å². The lowest BCUT2D eigenvalue weighted by molar-refractivity contribution is -0.108. The average molecular weight is 370 g/mol. The van der Waals surface area contributed by atoms with Crippen LogP contribution < -0.4 is 10.2 Å². The molecule has 0 spiro atoms. The molecule has 0 fully saturated rings. The van der Waals surface area contributed by atoms with Gasteiger partial charge in [0.25, 0.3) is 0 Å². The largest absolute Gasteiger partial charge is 0.426 e. The maximum Gasteiger partial charge on any atom is 0.426 e. The number of aliphatic hydroxyl groups excluding tert-OH is 1. The minimum atomic E-state index is -0.783. The second kappa shape index (κ2) is 7.38. The van der Waals surface area contributed by atoms with Gasteiger partial charge in [-0.1, -0.05) is 0 Å². The number of hydrogen-bond acceptors (Lipinski definition) is 7. The number of methoxy groups -OCH3 is 2. The topological polar surface area (TPSA) is 131 Å². The normalized spacial score (nSPS) is 21.5. The summed E-state index contributed by atoms with van der Waals surface area (Å²) in [5.74, 6) is 0.598. The zero-order chi connectivity index (χ0) is 19.6. The number of fused-ring (bicyclic) bond motifs is 1. The van der Waals surface area contributed by atoms with Crippen LogP contribution in [-0.4, -0.2) is 41.9 Å². The second-order valence-corrected chi connectivity index (χ2v) is 6.15. The Hall–Kier alpha value is -2.90. The summed E-state index contributed by atoms with van der Waals surface area (Å²) in [6.07, 6.45) is 0.156. The predicted octanol–water partition coefficient (Wildman–Crippen LogP) is 1.79. The van der Waals surface area contributed by atoms with Crippen molar-refractivity contribution in [1.82, 2.24) is 14.5 Å². The minimum absolute atomic E-state index is 0.184. The molecule has 140 valence electrons. The molecule has 1 aliphatic heterocycles. The van der Waals surface area contributed by atoms with Gasteiger partial charge in [0.15, 0.2) is 0 Å². The second-order valence-electron chi connectivity index (χ2n) is 6.15. The number of pyridine rings is 2. The van der Waals surface area contributed by atoms with Crippen LogP contribution >= 0.6 is 0 Å². The Morgan fingerprint density at radius 1 is 1.37 bits per heavy atom. The summed E-state index contributed by atoms with van der Waals surface area (Å²) in [5.41, 5.74) is 7.08. The first-order valence-corrected chi connectivity index (χ1v) is 8.27. The standard InChI is InChI=1S/C18H19N5O4/c1-26-17(27-2)13-5-4-12-14(24)7-8-23(18(20)25,16(12)22-13)15-6-3-11(9-19)10-21-15/h3-6,10,14,17,24H,7-8H2,1-2H3,(H-,20,25)/p+1. The van der Waals surface area contributed by atoms with Crippen LogP contribution in [0.15, 0.2) is 30.5 Å². The fraction of sp³-hybridized carbons (Fsp3) is 0.333. The molecular formula is C18H20N5O4+. The van der Waals surface area contributed by atoms with E-state index < -0.39 is 22.9 Å². The summed E-state index contributed by atoms with van der Waals surface area (Å²) < 4.78 is 10.0. The molecule has 2 atom stereocenters. The summed E-state index contributed by atoms with van der Waals surface area (Å²) in [6, 6.07) is 7.80. The van der Waals surface area contributed by atoms with Crippen LogP contribution in [0.25, 0.3) is 0 Å². The van der Waals surface area contributed by atoms with Crippen molar-refractivity contribution < 1.29 is 19.4 Å². The number of nitrogens with two attached hydrogens (primary N) is 1. The van der Waals surface area contributed by atoms with Crippen LogP contribution in [0.4, 0.5) is 16.4 Å². The third kappa shape index (κ3) is 3.05. The molecule has 0 saturated carbocycles. The number of urea groups is 1. The van der Waals surface area contributed by atoms with Crippen molar-refractivity contribution in [2.24, 2.45) is 5.73 Å². The van der Waals surface area contributed by atoms with E-state index in [9.17, 15) is 9.90 Å². The van der Waals surface area contributed by atoms with Gasteiger partial charge >= 0.3 is 6.03 Å². The fourth-order valence-electron chi connectivity index (χ4n) is 3.31. The summed E-state index contributed by atoms with van der Waals surface area (Å²) in [5, 5.41) is 19.4. The quantitative estimate of drug-likeness (QED) is 0.619. The van der Waals surface area contributed by atoms with Crippen molar-refractivity contribution >= 4 is 17.7 Å². The van der Waals surface area contributed by atoms with Gasteiger partial charge in [-0.15, -0.1) is 4.48 Å². The van der Waals surface area contributed by atoms with Crippen molar-refractivity contribution in [3.63, 3.8) is 0 Å². The molecule has 9 nitrogen and oxygen atoms in total. The number of aliphatic hydroxyl groups is 1. The van der Waals surface area contributed by atoms with Crippen LogP contribution in [0.3, 0.4) is 0 Å². The first-order valence-electron chi connectivity index (χ1n) is 8.27. The zero-order valence-corrected chi connectivity index (χ0v) is 15.0. The van der Waals surface area contributed by atoms with Crippen LogP contribution in [0.1, 0.15) is 35.6 Å². The van der Waals surface area contributed by atoms with Crippen LogP contribution in [0, 0.1) is 11.3 Å². The molecule has 2 aromatic heterocycles. The molecule has 27 heavy (non-hydrogen) atoms. The van der Waals surface area contributed by atoms with Gasteiger partial charge in [-0.05, 0) is 18.2 Å². The lowest BCUT2D eigenvalue weighted by Crippen LogP contribution is -2.57. The van der Waals surface area contributed by atoms with E-state index in [4.69, 9.17) is 20.5 Å². The van der Waals surface area contributed by atoms with E-state index in [2.05, 4.69) is 9.97 Å². The monoisotopic (exact) mass is 370 g/mol. The minimum Gasteiger partial charge on any atom is -0.388 e. The molecular weight excluding hydrogens is 350 g/mol. The lowest BCUT2D eigenvalue weighted by Gasteiger charge is -2.37. The van der Waals surface area contributed by atoms with Crippen molar-refractivity contribution in [2.75, 3.05) is 20.8 Å². The van der Waals surface area contributed by atoms with Crippen LogP contribution in [-0.2, 0) is 9.47 Å². The summed E-state index contributed by atoms with van der Waals surface area (Å²) >= 11 is 0. The molecule has 0 saturated heterocycles. The SMILES string of the molecule is COC(OC)c1ccc2c(n1)[N+](C(N)=O)(c1ccc(C#N)cn1)CCC2O. The van der Waals surface area contributed by atoms with Gasteiger partial charge in [-0.25, -0.2) is 9.78 Å². The highest BCUT2D eigenvalue weighted by Crippen LogP contribution is 2.43. The van der Waals surface area contributed by atoms with Crippen molar-refractivity contribution in [3.8, 4) is 6.07 Å². The maximum atomic E-state index is 12.6. The van der Waals surface area contributed by atoms with Gasteiger partial charge in [0, 0.05) is 26.7 Å². The highest BCUT2D eigenvalue weighted by molar-refractivity contribution is 5.92. The van der Waals surface area contributed by atoms with E-state index >= 15 is 0 Å². The highest BCUT2D eigenvalue weighted by atomic mass is 16.7. The molecule has 0 radical (unpaired) electrons. The Kier molecular flexibility index (Phi) is 5.16. The molecule has 9 heteroatoms. The number of aromatic nitrogens is 2. The number of rotatable bonds is 4. The molecule has 0 aromatic carbocycles. The number of amides is 2. The predicted molar refractivity (Wildman–Crippen MR) is 95.4 cm³/mol. The number of nitrogens with zero attached hydrogens (tertiary/aromatic N) is 4. The first-order chi connectivity index (χ1) is 13.0. The van der Waals surface area contributed by atoms with Crippen molar-refractivity contribution in [2.45, 2.75) is 18.8 Å². The van der Waals surface area contributed by atoms with E-state index in [1.54, 1.807) is 24.3 Å². The van der Waals surface area contributed by atoms with Gasteiger partial charge in [0.2, 0.25) is 17.9 Å². The highest BCUT2D eigenvalue weighted by Gasteiger charge is 2.49. The Bertz CT molecular complexity index is 892. The van der Waals surface area contributed by atoms with E-state index in [1.807, 2.05) is 6.07 Å². The molecule has 1 aliphatic rings. The van der Waals surface area contributed by atoms with Crippen LogP contribution in [0.2, 0.25) is 0 Å². The fourth-order valence-corrected chi connectivity index (χ4v) is 3.31. The van der Waals surface area contributed by atoms with Crippen molar-refractivity contribution in [3.05, 3.63) is 47.3 Å². The van der Waals surface area contributed by atoms with Gasteiger partial charge in [0.1, 0.15) is 18.3 Å². The van der Waals surface area contributed by atoms with Gasteiger partial charge in [-0.3, -0.25) is 0 Å². The summed E-state index contributed by atoms with van der Waals surface area (Å²) in [4.78, 5) is 21.5. The Morgan fingerprint density at radius 3 is 2.67 bits per heavy atom. The third-order valence-electron chi connectivity index (χ3n) is 4.70. The average Bonchev–Trinajstić information content (AvgIpc) is 2.69. The van der Waals surface area contributed by atoms with E-state index in [-0.39, 0.29) is 12.4 Å². The molecule has 2 aromatic rings. The number of quaternary nitrogens is 1. The summed E-state index contributed by atoms with van der Waals surface area (Å²) in [7, 11) is 2.95. The van der Waals surface area contributed by atoms with E-state index in [1.165, 1.54) is 20.4 Å². The molecule has 0 bridgehead atoms. The molecule has 3 heterocycles. The number of carbonyl (C=O) groups excluding carboxylic acids is 1. The van der Waals surface area contributed by atoms with Gasteiger partial charge in [0.05, 0.1) is 23.4 Å². The zero-order valence-electron chi connectivity index (χ0n) is 15.0. The summed E-state index contributed by atoms with van der Waals surface area (Å²) in [6.45, 7) is 0.184. The Morgan fingerprint density at radius 2 is 2.11 bits per heavy atom. The lowest BCUT2D eigenvalue weighted by atomic mass is 9.99. The third-order valence-corrected chi connectivity index (χ3v) is 4.70. The van der Waals surface area contributed by atoms with Crippen molar-refractivity contribution in [1.29, 1.82) is 5.26 Å². The Balaban J connectivity index is 2.24. The molecule has 2 unspecified atom stereocenters.